The Labute approximate surface area is 174 Å². The van der Waals surface area contributed by atoms with E-state index in [-0.39, 0.29) is 23.3 Å². The molecule has 4 bridgehead atoms. The summed E-state index contributed by atoms with van der Waals surface area (Å²) in [6.07, 6.45) is 9.22. The second kappa shape index (κ2) is 8.49. The lowest BCUT2D eigenvalue weighted by molar-refractivity contribution is -0.161. The number of benzene rings is 1. The van der Waals surface area contributed by atoms with Crippen molar-refractivity contribution >= 4 is 11.9 Å². The van der Waals surface area contributed by atoms with Gasteiger partial charge in [-0.25, -0.2) is 0 Å². The first-order chi connectivity index (χ1) is 13.9. The van der Waals surface area contributed by atoms with Crippen molar-refractivity contribution in [1.82, 2.24) is 5.32 Å². The van der Waals surface area contributed by atoms with Crippen molar-refractivity contribution in [3.8, 4) is 0 Å². The average Bonchev–Trinajstić information content (AvgIpc) is 2.65. The summed E-state index contributed by atoms with van der Waals surface area (Å²) in [6, 6.07) is 10.3. The zero-order valence-corrected chi connectivity index (χ0v) is 17.9. The molecule has 0 radical (unpaired) electrons. The molecule has 2 atom stereocenters. The van der Waals surface area contributed by atoms with Gasteiger partial charge in [0.2, 0.25) is 0 Å². The molecule has 1 aromatic rings. The lowest BCUT2D eigenvalue weighted by atomic mass is 9.49. The highest BCUT2D eigenvalue weighted by atomic mass is 16.5. The van der Waals surface area contributed by atoms with Crippen LogP contribution in [0, 0.1) is 23.2 Å². The number of rotatable bonds is 8. The molecule has 0 heterocycles. The van der Waals surface area contributed by atoms with Gasteiger partial charge in [0, 0.05) is 6.04 Å². The molecule has 0 spiro atoms. The second-order valence-corrected chi connectivity index (χ2v) is 10.2. The molecule has 5 rings (SSSR count). The summed E-state index contributed by atoms with van der Waals surface area (Å²) >= 11 is 0. The van der Waals surface area contributed by atoms with Gasteiger partial charge < -0.3 is 10.1 Å². The third kappa shape index (κ3) is 5.02. The quantitative estimate of drug-likeness (QED) is 0.649. The monoisotopic (exact) mass is 397 g/mol. The van der Waals surface area contributed by atoms with Crippen molar-refractivity contribution in [3.05, 3.63) is 35.9 Å². The van der Waals surface area contributed by atoms with Crippen LogP contribution < -0.4 is 5.32 Å². The Morgan fingerprint density at radius 1 is 1.03 bits per heavy atom. The van der Waals surface area contributed by atoms with Gasteiger partial charge in [0.15, 0.2) is 6.10 Å². The normalized spacial score (nSPS) is 31.9. The Bertz CT molecular complexity index is 694. The molecular formula is C25H35NO3. The van der Waals surface area contributed by atoms with Crippen molar-refractivity contribution in [2.24, 2.45) is 23.2 Å². The van der Waals surface area contributed by atoms with Gasteiger partial charge in [-0.1, -0.05) is 30.3 Å². The Kier molecular flexibility index (Phi) is 5.98. The maximum atomic E-state index is 12.6. The van der Waals surface area contributed by atoms with Crippen LogP contribution in [0.3, 0.4) is 0 Å². The summed E-state index contributed by atoms with van der Waals surface area (Å²) in [5.41, 5.74) is 1.43. The first-order valence-corrected chi connectivity index (χ1v) is 11.4. The van der Waals surface area contributed by atoms with Crippen molar-refractivity contribution in [2.45, 2.75) is 83.8 Å². The van der Waals surface area contributed by atoms with E-state index in [2.05, 4.69) is 17.4 Å². The molecule has 158 valence electrons. The molecule has 4 saturated carbocycles. The van der Waals surface area contributed by atoms with E-state index in [4.69, 9.17) is 4.74 Å². The minimum Gasteiger partial charge on any atom is -0.453 e. The van der Waals surface area contributed by atoms with E-state index in [1.54, 1.807) is 6.92 Å². The lowest BCUT2D eigenvalue weighted by Gasteiger charge is -2.56. The SMILES string of the molecule is C[C@H](CCc1ccccc1)NC(=O)[C@H](C)OC(=O)CC12CC3CC(CC(C3)C1)C2. The highest BCUT2D eigenvalue weighted by Crippen LogP contribution is 2.61. The largest absolute Gasteiger partial charge is 0.453 e. The van der Waals surface area contributed by atoms with Gasteiger partial charge in [0.25, 0.3) is 5.91 Å². The zero-order chi connectivity index (χ0) is 20.4. The predicted octanol–water partition coefficient (Wildman–Crippen LogP) is 4.66. The summed E-state index contributed by atoms with van der Waals surface area (Å²) in [4.78, 5) is 25.1. The van der Waals surface area contributed by atoms with Crippen molar-refractivity contribution < 1.29 is 14.3 Å². The van der Waals surface area contributed by atoms with Gasteiger partial charge in [-0.2, -0.15) is 0 Å². The van der Waals surface area contributed by atoms with E-state index >= 15 is 0 Å². The Hall–Kier alpha value is -1.84. The second-order valence-electron chi connectivity index (χ2n) is 10.2. The number of amides is 1. The molecule has 1 amide bonds. The maximum Gasteiger partial charge on any atom is 0.307 e. The Morgan fingerprint density at radius 2 is 1.62 bits per heavy atom. The van der Waals surface area contributed by atoms with Crippen LogP contribution in [0.4, 0.5) is 0 Å². The molecule has 1 N–H and O–H groups in total. The fraction of sp³-hybridized carbons (Fsp3) is 0.680. The van der Waals surface area contributed by atoms with E-state index in [0.29, 0.717) is 6.42 Å². The van der Waals surface area contributed by atoms with Gasteiger partial charge in [-0.05, 0) is 93.9 Å². The number of carbonyl (C=O) groups is 2. The third-order valence-corrected chi connectivity index (χ3v) is 7.46. The third-order valence-electron chi connectivity index (χ3n) is 7.46. The van der Waals surface area contributed by atoms with Crippen LogP contribution in [0.15, 0.2) is 30.3 Å². The van der Waals surface area contributed by atoms with Gasteiger partial charge in [-0.3, -0.25) is 9.59 Å². The van der Waals surface area contributed by atoms with E-state index in [9.17, 15) is 9.59 Å². The predicted molar refractivity (Wildman–Crippen MR) is 113 cm³/mol. The Balaban J connectivity index is 1.22. The van der Waals surface area contributed by atoms with E-state index in [0.717, 1.165) is 30.6 Å². The molecule has 4 nitrogen and oxygen atoms in total. The standard InChI is InChI=1S/C25H35NO3/c1-17(8-9-19-6-4-3-5-7-19)26-24(28)18(2)29-23(27)16-25-13-20-10-21(14-25)12-22(11-20)15-25/h3-7,17-18,20-22H,8-16H2,1-2H3,(H,26,28)/t17-,18+,20?,21?,22?,25?/m1/s1. The summed E-state index contributed by atoms with van der Waals surface area (Å²) in [7, 11) is 0. The topological polar surface area (TPSA) is 55.4 Å². The van der Waals surface area contributed by atoms with Gasteiger partial charge in [0.05, 0.1) is 6.42 Å². The van der Waals surface area contributed by atoms with Crippen LogP contribution in [0.25, 0.3) is 0 Å². The molecule has 1 aromatic carbocycles. The van der Waals surface area contributed by atoms with Gasteiger partial charge in [-0.15, -0.1) is 0 Å². The van der Waals surface area contributed by atoms with Crippen LogP contribution in [0.5, 0.6) is 0 Å². The van der Waals surface area contributed by atoms with Crippen LogP contribution >= 0.6 is 0 Å². The number of ether oxygens (including phenoxy) is 1. The number of esters is 1. The molecule has 0 aromatic heterocycles. The molecule has 29 heavy (non-hydrogen) atoms. The van der Waals surface area contributed by atoms with E-state index in [1.165, 1.54) is 44.1 Å². The molecule has 0 unspecified atom stereocenters. The fourth-order valence-corrected chi connectivity index (χ4v) is 6.57. The fourth-order valence-electron chi connectivity index (χ4n) is 6.57. The number of carbonyl (C=O) groups excluding carboxylic acids is 2. The molecule has 4 aliphatic rings. The Morgan fingerprint density at radius 3 is 2.21 bits per heavy atom. The van der Waals surface area contributed by atoms with Crippen molar-refractivity contribution in [1.29, 1.82) is 0 Å². The highest BCUT2D eigenvalue weighted by molar-refractivity contribution is 5.83. The maximum absolute atomic E-state index is 12.6. The van der Waals surface area contributed by atoms with Gasteiger partial charge >= 0.3 is 5.97 Å². The zero-order valence-electron chi connectivity index (χ0n) is 17.9. The molecule has 4 heteroatoms. The summed E-state index contributed by atoms with van der Waals surface area (Å²) in [6.45, 7) is 3.70. The lowest BCUT2D eigenvalue weighted by Crippen LogP contribution is -2.47. The molecule has 4 fully saturated rings. The van der Waals surface area contributed by atoms with Crippen LogP contribution in [-0.4, -0.2) is 24.0 Å². The molecular weight excluding hydrogens is 362 g/mol. The summed E-state index contributed by atoms with van der Waals surface area (Å²) in [5, 5.41) is 3.00. The van der Waals surface area contributed by atoms with Crippen molar-refractivity contribution in [3.63, 3.8) is 0 Å². The first kappa shape index (κ1) is 20.4. The highest BCUT2D eigenvalue weighted by Gasteiger charge is 2.51. The van der Waals surface area contributed by atoms with Crippen LogP contribution in [-0.2, 0) is 20.7 Å². The smallest absolute Gasteiger partial charge is 0.307 e. The first-order valence-electron chi connectivity index (χ1n) is 11.4. The van der Waals surface area contributed by atoms with Gasteiger partial charge in [0.1, 0.15) is 0 Å². The van der Waals surface area contributed by atoms with Crippen molar-refractivity contribution in [2.75, 3.05) is 0 Å². The average molecular weight is 398 g/mol. The van der Waals surface area contributed by atoms with Crippen LogP contribution in [0.2, 0.25) is 0 Å². The van der Waals surface area contributed by atoms with E-state index < -0.39 is 6.10 Å². The molecule has 4 aliphatic carbocycles. The number of nitrogens with one attached hydrogen (secondary N) is 1. The molecule has 0 aliphatic heterocycles. The minimum absolute atomic E-state index is 0.0482. The number of hydrogen-bond acceptors (Lipinski definition) is 3. The molecule has 0 saturated heterocycles. The minimum atomic E-state index is -0.726. The summed E-state index contributed by atoms with van der Waals surface area (Å²) < 4.78 is 5.56. The van der Waals surface area contributed by atoms with E-state index in [1.807, 2.05) is 25.1 Å². The van der Waals surface area contributed by atoms with Crippen LogP contribution in [0.1, 0.15) is 70.8 Å². The summed E-state index contributed by atoms with van der Waals surface area (Å²) in [5.74, 6) is 2.08. The number of aryl methyl sites for hydroxylation is 1. The number of hydrogen-bond donors (Lipinski definition) is 1.